The molecule has 1 aromatic heterocycles. The van der Waals surface area contributed by atoms with E-state index in [9.17, 15) is 0 Å². The second-order valence-corrected chi connectivity index (χ2v) is 7.12. The lowest BCUT2D eigenvalue weighted by molar-refractivity contribution is 0.275. The monoisotopic (exact) mass is 279 g/mol. The molecule has 4 heteroatoms. The Labute approximate surface area is 121 Å². The minimum atomic E-state index is 0.505. The third-order valence-electron chi connectivity index (χ3n) is 3.27. The van der Waals surface area contributed by atoms with Gasteiger partial charge in [-0.05, 0) is 12.1 Å². The summed E-state index contributed by atoms with van der Waals surface area (Å²) in [5.41, 5.74) is 2.34. The largest absolute Gasteiger partial charge is 0.309 e. The van der Waals surface area contributed by atoms with Crippen LogP contribution in [0.15, 0.2) is 18.2 Å². The van der Waals surface area contributed by atoms with Crippen molar-refractivity contribution in [1.82, 2.24) is 15.2 Å². The van der Waals surface area contributed by atoms with Crippen LogP contribution in [0.2, 0.25) is 0 Å². The molecule has 2 heterocycles. The summed E-state index contributed by atoms with van der Waals surface area (Å²) in [6.45, 7) is 10.9. The highest BCUT2D eigenvalue weighted by Crippen LogP contribution is 2.19. The third kappa shape index (κ3) is 5.13. The number of nitrogens with zero attached hydrogens (tertiary/aromatic N) is 2. The van der Waals surface area contributed by atoms with Gasteiger partial charge in [0.1, 0.15) is 0 Å². The van der Waals surface area contributed by atoms with E-state index >= 15 is 0 Å². The van der Waals surface area contributed by atoms with Gasteiger partial charge in [-0.15, -0.1) is 0 Å². The maximum Gasteiger partial charge on any atom is 0.0547 e. The van der Waals surface area contributed by atoms with Gasteiger partial charge in [0.05, 0.1) is 11.4 Å². The summed E-state index contributed by atoms with van der Waals surface area (Å²) < 4.78 is 0. The zero-order chi connectivity index (χ0) is 13.7. The lowest BCUT2D eigenvalue weighted by Crippen LogP contribution is -2.36. The summed E-state index contributed by atoms with van der Waals surface area (Å²) >= 11 is 2.07. The Kier molecular flexibility index (Phi) is 5.67. The van der Waals surface area contributed by atoms with Crippen LogP contribution in [0, 0.1) is 0 Å². The van der Waals surface area contributed by atoms with E-state index < -0.39 is 0 Å². The van der Waals surface area contributed by atoms with E-state index in [-0.39, 0.29) is 0 Å². The summed E-state index contributed by atoms with van der Waals surface area (Å²) in [7, 11) is 0. The maximum absolute atomic E-state index is 4.75. The van der Waals surface area contributed by atoms with Crippen LogP contribution in [0.4, 0.5) is 0 Å². The van der Waals surface area contributed by atoms with Gasteiger partial charge in [0.15, 0.2) is 0 Å². The van der Waals surface area contributed by atoms with Crippen LogP contribution in [0.25, 0.3) is 0 Å². The Bertz CT molecular complexity index is 395. The van der Waals surface area contributed by atoms with Gasteiger partial charge in [-0.25, -0.2) is 0 Å². The molecule has 1 atom stereocenters. The van der Waals surface area contributed by atoms with Crippen molar-refractivity contribution < 1.29 is 0 Å². The Balaban J connectivity index is 1.90. The molecule has 0 aromatic carbocycles. The lowest BCUT2D eigenvalue weighted by Gasteiger charge is -2.30. The molecule has 0 radical (unpaired) electrons. The molecular weight excluding hydrogens is 254 g/mol. The normalized spacial score (nSPS) is 20.9. The highest BCUT2D eigenvalue weighted by Gasteiger charge is 2.17. The van der Waals surface area contributed by atoms with Crippen LogP contribution in [0.5, 0.6) is 0 Å². The summed E-state index contributed by atoms with van der Waals surface area (Å²) in [6, 6.07) is 6.88. The van der Waals surface area contributed by atoms with Crippen LogP contribution in [0.3, 0.4) is 0 Å². The first-order chi connectivity index (χ1) is 9.13. The quantitative estimate of drug-likeness (QED) is 0.896. The summed E-state index contributed by atoms with van der Waals surface area (Å²) in [6.07, 6.45) is 0. The number of thioether (sulfide) groups is 1. The minimum Gasteiger partial charge on any atom is -0.309 e. The molecule has 2 rings (SSSR count). The van der Waals surface area contributed by atoms with Crippen molar-refractivity contribution in [2.45, 2.75) is 45.2 Å². The molecule has 1 unspecified atom stereocenters. The van der Waals surface area contributed by atoms with Crippen molar-refractivity contribution in [3.8, 4) is 0 Å². The molecule has 0 aliphatic carbocycles. The first kappa shape index (κ1) is 14.8. The average Bonchev–Trinajstić information content (AvgIpc) is 2.37. The van der Waals surface area contributed by atoms with E-state index in [0.717, 1.165) is 24.0 Å². The molecule has 1 aliphatic heterocycles. The van der Waals surface area contributed by atoms with Crippen molar-refractivity contribution in [2.75, 3.05) is 18.8 Å². The molecule has 1 fully saturated rings. The van der Waals surface area contributed by atoms with Gasteiger partial charge >= 0.3 is 0 Å². The van der Waals surface area contributed by atoms with Gasteiger partial charge in [0, 0.05) is 43.2 Å². The summed E-state index contributed by atoms with van der Waals surface area (Å²) in [5.74, 6) is 1.25. The molecule has 0 bridgehead atoms. The smallest absolute Gasteiger partial charge is 0.0547 e. The topological polar surface area (TPSA) is 28.2 Å². The van der Waals surface area contributed by atoms with E-state index in [4.69, 9.17) is 4.98 Å². The third-order valence-corrected chi connectivity index (χ3v) is 4.40. The first-order valence-electron chi connectivity index (χ1n) is 7.15. The number of aromatic nitrogens is 1. The molecule has 1 saturated heterocycles. The molecular formula is C15H25N3S. The first-order valence-corrected chi connectivity index (χ1v) is 8.20. The predicted octanol–water partition coefficient (Wildman–Crippen LogP) is 2.52. The predicted molar refractivity (Wildman–Crippen MR) is 83.4 cm³/mol. The number of nitrogens with one attached hydrogen (secondary N) is 1. The van der Waals surface area contributed by atoms with Gasteiger partial charge < -0.3 is 5.32 Å². The van der Waals surface area contributed by atoms with Crippen molar-refractivity contribution in [3.05, 3.63) is 29.6 Å². The van der Waals surface area contributed by atoms with E-state index in [0.29, 0.717) is 6.04 Å². The number of pyridine rings is 1. The van der Waals surface area contributed by atoms with Gasteiger partial charge in [-0.2, -0.15) is 11.8 Å². The van der Waals surface area contributed by atoms with Gasteiger partial charge in [0.2, 0.25) is 0 Å². The molecule has 0 amide bonds. The summed E-state index contributed by atoms with van der Waals surface area (Å²) in [5, 5.41) is 4.17. The highest BCUT2D eigenvalue weighted by atomic mass is 32.2. The molecule has 3 nitrogen and oxygen atoms in total. The fourth-order valence-electron chi connectivity index (χ4n) is 2.29. The average molecular weight is 279 g/mol. The molecule has 106 valence electrons. The summed E-state index contributed by atoms with van der Waals surface area (Å²) in [4.78, 5) is 7.27. The number of rotatable bonds is 5. The van der Waals surface area contributed by atoms with E-state index in [1.807, 2.05) is 0 Å². The van der Waals surface area contributed by atoms with Gasteiger partial charge in [0.25, 0.3) is 0 Å². The standard InChI is InChI=1S/C15H25N3S/c1-12(2)16-9-14-5-4-6-15(17-14)11-18-7-8-19-13(3)10-18/h4-6,12-13,16H,7-11H2,1-3H3. The zero-order valence-corrected chi connectivity index (χ0v) is 13.0. The Morgan fingerprint density at radius 1 is 1.42 bits per heavy atom. The Hall–Kier alpha value is -0.580. The van der Waals surface area contributed by atoms with Crippen molar-refractivity contribution in [3.63, 3.8) is 0 Å². The van der Waals surface area contributed by atoms with Crippen LogP contribution >= 0.6 is 11.8 Å². The van der Waals surface area contributed by atoms with Crippen molar-refractivity contribution in [1.29, 1.82) is 0 Å². The van der Waals surface area contributed by atoms with Crippen LogP contribution < -0.4 is 5.32 Å². The van der Waals surface area contributed by atoms with Crippen molar-refractivity contribution >= 4 is 11.8 Å². The molecule has 0 spiro atoms. The van der Waals surface area contributed by atoms with Crippen LogP contribution in [-0.4, -0.2) is 40.0 Å². The number of hydrogen-bond acceptors (Lipinski definition) is 4. The van der Waals surface area contributed by atoms with Gasteiger partial charge in [-0.3, -0.25) is 9.88 Å². The Morgan fingerprint density at radius 3 is 2.95 bits per heavy atom. The molecule has 1 aromatic rings. The fourth-order valence-corrected chi connectivity index (χ4v) is 3.37. The Morgan fingerprint density at radius 2 is 2.21 bits per heavy atom. The second kappa shape index (κ2) is 7.27. The zero-order valence-electron chi connectivity index (χ0n) is 12.2. The van der Waals surface area contributed by atoms with Crippen molar-refractivity contribution in [2.24, 2.45) is 0 Å². The molecule has 1 N–H and O–H groups in total. The lowest BCUT2D eigenvalue weighted by atomic mass is 10.2. The maximum atomic E-state index is 4.75. The second-order valence-electron chi connectivity index (χ2n) is 5.57. The molecule has 0 saturated carbocycles. The van der Waals surface area contributed by atoms with E-state index in [1.54, 1.807) is 0 Å². The van der Waals surface area contributed by atoms with E-state index in [1.165, 1.54) is 24.5 Å². The minimum absolute atomic E-state index is 0.505. The number of hydrogen-bond donors (Lipinski definition) is 1. The van der Waals surface area contributed by atoms with E-state index in [2.05, 4.69) is 60.9 Å². The molecule has 1 aliphatic rings. The van der Waals surface area contributed by atoms with Crippen LogP contribution in [-0.2, 0) is 13.1 Å². The molecule has 19 heavy (non-hydrogen) atoms. The highest BCUT2D eigenvalue weighted by molar-refractivity contribution is 7.99. The SMILES string of the molecule is CC(C)NCc1cccc(CN2CCSC(C)C2)n1. The van der Waals surface area contributed by atoms with Gasteiger partial charge in [-0.1, -0.05) is 26.8 Å². The fraction of sp³-hybridized carbons (Fsp3) is 0.667. The van der Waals surface area contributed by atoms with Crippen LogP contribution in [0.1, 0.15) is 32.2 Å².